The van der Waals surface area contributed by atoms with Crippen LogP contribution in [0.15, 0.2) is 54.9 Å². The number of aromatic amines is 1. The van der Waals surface area contributed by atoms with Crippen LogP contribution >= 0.6 is 11.6 Å². The second kappa shape index (κ2) is 10.7. The van der Waals surface area contributed by atoms with Crippen LogP contribution in [0.4, 0.5) is 16.2 Å². The lowest BCUT2D eigenvalue weighted by Crippen LogP contribution is -2.29. The second-order valence-electron chi connectivity index (χ2n) is 8.72. The van der Waals surface area contributed by atoms with E-state index in [4.69, 9.17) is 16.7 Å². The number of anilines is 2. The van der Waals surface area contributed by atoms with Gasteiger partial charge in [-0.1, -0.05) is 29.3 Å². The van der Waals surface area contributed by atoms with Gasteiger partial charge in [-0.05, 0) is 49.2 Å². The van der Waals surface area contributed by atoms with Crippen molar-refractivity contribution < 1.29 is 19.5 Å². The van der Waals surface area contributed by atoms with Crippen molar-refractivity contribution in [2.75, 3.05) is 10.6 Å². The van der Waals surface area contributed by atoms with Crippen LogP contribution in [0.25, 0.3) is 16.9 Å². The minimum Gasteiger partial charge on any atom is -0.465 e. The summed E-state index contributed by atoms with van der Waals surface area (Å²) in [5, 5.41) is 25.7. The third-order valence-corrected chi connectivity index (χ3v) is 6.25. The lowest BCUT2D eigenvalue weighted by Gasteiger charge is -2.17. The molecule has 2 aromatic carbocycles. The molecule has 0 aliphatic carbocycles. The van der Waals surface area contributed by atoms with Crippen molar-refractivity contribution in [2.24, 2.45) is 0 Å². The summed E-state index contributed by atoms with van der Waals surface area (Å²) < 4.78 is 1.47. The van der Waals surface area contributed by atoms with Crippen LogP contribution in [-0.4, -0.2) is 48.0 Å². The van der Waals surface area contributed by atoms with Crippen molar-refractivity contribution in [3.05, 3.63) is 71.4 Å². The van der Waals surface area contributed by atoms with Gasteiger partial charge in [-0.25, -0.2) is 14.5 Å². The fraction of sp³-hybridized carbons (Fsp3) is 0.200. The van der Waals surface area contributed by atoms with Crippen molar-refractivity contribution in [1.82, 2.24) is 30.3 Å². The normalized spacial score (nSPS) is 15.4. The van der Waals surface area contributed by atoms with E-state index in [1.807, 2.05) is 0 Å². The molecule has 3 heterocycles. The number of amides is 3. The molecule has 3 amide bonds. The van der Waals surface area contributed by atoms with Gasteiger partial charge < -0.3 is 20.7 Å². The SMILES string of the molecule is O=C(O)Nc1ccc2c(c1)NC(=O)CCCC[C@H](NC(=O)c1cn(-c3cccc(Cl)c3)nn1)c1ncc-2[nH]1. The van der Waals surface area contributed by atoms with Gasteiger partial charge in [-0.2, -0.15) is 0 Å². The van der Waals surface area contributed by atoms with Gasteiger partial charge in [0.1, 0.15) is 5.82 Å². The molecular weight excluding hydrogens is 512 g/mol. The van der Waals surface area contributed by atoms with E-state index < -0.39 is 18.0 Å². The summed E-state index contributed by atoms with van der Waals surface area (Å²) in [5.41, 5.74) is 2.79. The predicted octanol–water partition coefficient (Wildman–Crippen LogP) is 4.38. The maximum Gasteiger partial charge on any atom is 0.409 e. The van der Waals surface area contributed by atoms with E-state index in [1.54, 1.807) is 48.7 Å². The van der Waals surface area contributed by atoms with E-state index in [2.05, 4.69) is 36.2 Å². The average Bonchev–Trinajstić information content (AvgIpc) is 3.56. The number of carbonyl (C=O) groups excluding carboxylic acids is 2. The summed E-state index contributed by atoms with van der Waals surface area (Å²) in [4.78, 5) is 44.4. The first-order valence-corrected chi connectivity index (χ1v) is 12.2. The maximum absolute atomic E-state index is 13.1. The Morgan fingerprint density at radius 1 is 1.16 bits per heavy atom. The number of fused-ring (bicyclic) bond motifs is 4. The molecule has 1 atom stereocenters. The molecular formula is C25H23ClN8O4. The number of nitrogens with zero attached hydrogens (tertiary/aromatic N) is 4. The van der Waals surface area contributed by atoms with E-state index in [1.165, 1.54) is 10.9 Å². The zero-order valence-corrected chi connectivity index (χ0v) is 20.7. The van der Waals surface area contributed by atoms with Crippen LogP contribution in [0.3, 0.4) is 0 Å². The summed E-state index contributed by atoms with van der Waals surface area (Å²) >= 11 is 6.06. The molecule has 194 valence electrons. The summed E-state index contributed by atoms with van der Waals surface area (Å²) in [6, 6.07) is 11.4. The van der Waals surface area contributed by atoms with Gasteiger partial charge in [-0.3, -0.25) is 14.9 Å². The fourth-order valence-corrected chi connectivity index (χ4v) is 4.39. The van der Waals surface area contributed by atoms with Crippen LogP contribution in [0.5, 0.6) is 0 Å². The predicted molar refractivity (Wildman–Crippen MR) is 139 cm³/mol. The highest BCUT2D eigenvalue weighted by atomic mass is 35.5. The van der Waals surface area contributed by atoms with E-state index in [0.29, 0.717) is 58.4 Å². The van der Waals surface area contributed by atoms with Crippen molar-refractivity contribution in [1.29, 1.82) is 0 Å². The molecule has 0 radical (unpaired) electrons. The first-order chi connectivity index (χ1) is 18.4. The van der Waals surface area contributed by atoms with Gasteiger partial charge in [0.2, 0.25) is 5.91 Å². The smallest absolute Gasteiger partial charge is 0.409 e. The number of aromatic nitrogens is 5. The molecule has 5 N–H and O–H groups in total. The van der Waals surface area contributed by atoms with Gasteiger partial charge in [0.05, 0.1) is 35.5 Å². The highest BCUT2D eigenvalue weighted by molar-refractivity contribution is 6.30. The van der Waals surface area contributed by atoms with Crippen LogP contribution in [0.2, 0.25) is 5.02 Å². The number of rotatable bonds is 4. The Morgan fingerprint density at radius 3 is 2.84 bits per heavy atom. The summed E-state index contributed by atoms with van der Waals surface area (Å²) in [5.74, 6) is -0.0747. The number of hydrogen-bond acceptors (Lipinski definition) is 6. The Bertz CT molecular complexity index is 1510. The van der Waals surface area contributed by atoms with Crippen molar-refractivity contribution >= 4 is 40.9 Å². The van der Waals surface area contributed by atoms with Gasteiger partial charge in [0.25, 0.3) is 5.91 Å². The van der Waals surface area contributed by atoms with Crippen LogP contribution in [-0.2, 0) is 4.79 Å². The number of imidazole rings is 1. The zero-order valence-electron chi connectivity index (χ0n) is 19.9. The van der Waals surface area contributed by atoms with E-state index in [-0.39, 0.29) is 18.0 Å². The standard InChI is InChI=1S/C25H23ClN8O4/c26-14-4-3-5-16(10-14)34-13-21(32-33-34)24(36)31-18-6-1-2-7-22(35)29-19-11-15(28-25(37)38)8-9-17(19)20-12-27-23(18)30-20/h3-5,8-13,18,28H,1-2,6-7H2,(H,27,30)(H,29,35)(H,31,36)(H,37,38)/t18-/m0/s1. The van der Waals surface area contributed by atoms with Gasteiger partial charge in [0.15, 0.2) is 5.69 Å². The Balaban J connectivity index is 1.40. The van der Waals surface area contributed by atoms with Crippen molar-refractivity contribution in [3.63, 3.8) is 0 Å². The number of hydrogen-bond donors (Lipinski definition) is 5. The first-order valence-electron chi connectivity index (χ1n) is 11.8. The topological polar surface area (TPSA) is 167 Å². The molecule has 2 aromatic heterocycles. The monoisotopic (exact) mass is 534 g/mol. The number of carboxylic acid groups (broad SMARTS) is 1. The van der Waals surface area contributed by atoms with Crippen LogP contribution < -0.4 is 16.0 Å². The second-order valence-corrected chi connectivity index (χ2v) is 9.16. The molecule has 2 bridgehead atoms. The summed E-state index contributed by atoms with van der Waals surface area (Å²) in [7, 11) is 0. The summed E-state index contributed by atoms with van der Waals surface area (Å²) in [6.07, 6.45) is 3.96. The molecule has 0 spiro atoms. The molecule has 0 saturated carbocycles. The largest absolute Gasteiger partial charge is 0.465 e. The molecule has 12 nitrogen and oxygen atoms in total. The third kappa shape index (κ3) is 5.65. The zero-order chi connectivity index (χ0) is 26.6. The van der Waals surface area contributed by atoms with E-state index >= 15 is 0 Å². The summed E-state index contributed by atoms with van der Waals surface area (Å²) in [6.45, 7) is 0. The van der Waals surface area contributed by atoms with Gasteiger partial charge in [0, 0.05) is 22.7 Å². The highest BCUT2D eigenvalue weighted by Gasteiger charge is 2.23. The van der Waals surface area contributed by atoms with Gasteiger partial charge in [-0.15, -0.1) is 5.10 Å². The molecule has 13 heteroatoms. The molecule has 5 rings (SSSR count). The number of H-pyrrole nitrogens is 1. The Labute approximate surface area is 221 Å². The number of carbonyl (C=O) groups is 3. The van der Waals surface area contributed by atoms with E-state index in [9.17, 15) is 14.4 Å². The Morgan fingerprint density at radius 2 is 2.03 bits per heavy atom. The minimum absolute atomic E-state index is 0.131. The third-order valence-electron chi connectivity index (χ3n) is 6.01. The number of halogens is 1. The average molecular weight is 535 g/mol. The molecule has 1 aliphatic heterocycles. The van der Waals surface area contributed by atoms with Gasteiger partial charge >= 0.3 is 6.09 Å². The molecule has 4 aromatic rings. The lowest BCUT2D eigenvalue weighted by atomic mass is 10.1. The maximum atomic E-state index is 13.1. The highest BCUT2D eigenvalue weighted by Crippen LogP contribution is 2.32. The number of benzene rings is 2. The van der Waals surface area contributed by atoms with Crippen molar-refractivity contribution in [3.8, 4) is 16.9 Å². The minimum atomic E-state index is -1.21. The molecule has 1 aliphatic rings. The Kier molecular flexibility index (Phi) is 7.05. The Hall–Kier alpha value is -4.71. The molecule has 0 unspecified atom stereocenters. The quantitative estimate of drug-likeness (QED) is 0.259. The first kappa shape index (κ1) is 25.0. The van der Waals surface area contributed by atoms with Crippen molar-refractivity contribution in [2.45, 2.75) is 31.7 Å². The fourth-order valence-electron chi connectivity index (χ4n) is 4.20. The van der Waals surface area contributed by atoms with Crippen LogP contribution in [0, 0.1) is 0 Å². The molecule has 0 saturated heterocycles. The van der Waals surface area contributed by atoms with Crippen LogP contribution in [0.1, 0.15) is 48.0 Å². The lowest BCUT2D eigenvalue weighted by molar-refractivity contribution is -0.116. The molecule has 38 heavy (non-hydrogen) atoms. The number of nitrogens with one attached hydrogen (secondary N) is 4. The van der Waals surface area contributed by atoms with E-state index in [0.717, 1.165) is 0 Å². The molecule has 0 fully saturated rings.